The molecule has 2 heteroatoms. The quantitative estimate of drug-likeness (QED) is 0.706. The van der Waals surface area contributed by atoms with E-state index in [-0.39, 0.29) is 5.97 Å². The maximum atomic E-state index is 11.7. The summed E-state index contributed by atoms with van der Waals surface area (Å²) in [6.45, 7) is 7.11. The highest BCUT2D eigenvalue weighted by Gasteiger charge is 2.23. The number of hydrogen-bond acceptors (Lipinski definition) is 2. The molecular weight excluding hydrogens is 212 g/mol. The van der Waals surface area contributed by atoms with Crippen LogP contribution in [0.15, 0.2) is 18.2 Å². The van der Waals surface area contributed by atoms with Gasteiger partial charge in [0.1, 0.15) is 0 Å². The van der Waals surface area contributed by atoms with Crippen LogP contribution in [0.2, 0.25) is 0 Å². The van der Waals surface area contributed by atoms with E-state index in [1.807, 2.05) is 18.2 Å². The van der Waals surface area contributed by atoms with Gasteiger partial charge in [-0.05, 0) is 35.4 Å². The Morgan fingerprint density at radius 1 is 1.24 bits per heavy atom. The summed E-state index contributed by atoms with van der Waals surface area (Å²) in [6, 6.07) is 5.88. The van der Waals surface area contributed by atoms with Gasteiger partial charge in [-0.25, -0.2) is 4.79 Å². The molecule has 2 aliphatic rings. The maximum absolute atomic E-state index is 11.7. The number of hydrogen-bond donors (Lipinski definition) is 0. The van der Waals surface area contributed by atoms with Crippen molar-refractivity contribution in [2.75, 3.05) is 6.61 Å². The highest BCUT2D eigenvalue weighted by atomic mass is 16.5. The molecule has 0 N–H and O–H groups in total. The van der Waals surface area contributed by atoms with Gasteiger partial charge in [0.25, 0.3) is 0 Å². The Kier molecular flexibility index (Phi) is 3.51. The van der Waals surface area contributed by atoms with E-state index >= 15 is 0 Å². The summed E-state index contributed by atoms with van der Waals surface area (Å²) in [5, 5.41) is 0. The zero-order valence-corrected chi connectivity index (χ0v) is 10.8. The average molecular weight is 232 g/mol. The first kappa shape index (κ1) is 12.2. The van der Waals surface area contributed by atoms with Crippen LogP contribution in [0.3, 0.4) is 0 Å². The number of carbonyl (C=O) groups is 1. The molecule has 0 heterocycles. The van der Waals surface area contributed by atoms with Crippen molar-refractivity contribution in [3.05, 3.63) is 23.8 Å². The molecule has 2 rings (SSSR count). The van der Waals surface area contributed by atoms with Crippen molar-refractivity contribution in [1.82, 2.24) is 0 Å². The normalized spacial score (nSPS) is 13.6. The summed E-state index contributed by atoms with van der Waals surface area (Å²) < 4.78 is 5.32. The lowest BCUT2D eigenvalue weighted by Gasteiger charge is -2.20. The number of benzene rings is 1. The fraction of sp³-hybridized carbons (Fsp3) is 0.533. The molecule has 2 aliphatic carbocycles. The SMILES string of the molecule is CC(C)CCC(C)COC(=O)c1cc2ccc1-2. The monoisotopic (exact) mass is 232 g/mol. The Morgan fingerprint density at radius 3 is 2.47 bits per heavy atom. The van der Waals surface area contributed by atoms with Gasteiger partial charge in [0, 0.05) is 0 Å². The van der Waals surface area contributed by atoms with E-state index < -0.39 is 0 Å². The number of rotatable bonds is 6. The van der Waals surface area contributed by atoms with E-state index in [0.717, 1.165) is 23.5 Å². The molecule has 0 saturated heterocycles. The number of fused-ring (bicyclic) bond motifs is 1. The largest absolute Gasteiger partial charge is 0.462 e. The van der Waals surface area contributed by atoms with Crippen LogP contribution in [0.1, 0.15) is 44.0 Å². The second-order valence-electron chi connectivity index (χ2n) is 5.44. The fourth-order valence-electron chi connectivity index (χ4n) is 1.96. The van der Waals surface area contributed by atoms with Crippen LogP contribution < -0.4 is 0 Å². The standard InChI is InChI=1S/C15H20O2/c1-10(2)4-5-11(3)9-17-15(16)14-8-12-6-7-13(12)14/h6-8,10-11H,4-5,9H2,1-3H3. The summed E-state index contributed by atoms with van der Waals surface area (Å²) >= 11 is 0. The zero-order chi connectivity index (χ0) is 12.4. The minimum atomic E-state index is -0.163. The highest BCUT2D eigenvalue weighted by molar-refractivity contribution is 6.04. The van der Waals surface area contributed by atoms with Crippen LogP contribution in [0.4, 0.5) is 0 Å². The highest BCUT2D eigenvalue weighted by Crippen LogP contribution is 2.36. The zero-order valence-electron chi connectivity index (χ0n) is 10.8. The molecule has 0 amide bonds. The molecule has 1 unspecified atom stereocenters. The fourth-order valence-corrected chi connectivity index (χ4v) is 1.96. The van der Waals surface area contributed by atoms with Gasteiger partial charge >= 0.3 is 5.97 Å². The third-order valence-electron chi connectivity index (χ3n) is 3.29. The molecule has 0 spiro atoms. The van der Waals surface area contributed by atoms with Gasteiger partial charge in [-0.15, -0.1) is 0 Å². The van der Waals surface area contributed by atoms with Crippen LogP contribution in [0, 0.1) is 11.8 Å². The van der Waals surface area contributed by atoms with E-state index in [0.29, 0.717) is 12.5 Å². The van der Waals surface area contributed by atoms with E-state index in [1.165, 1.54) is 12.0 Å². The summed E-state index contributed by atoms with van der Waals surface area (Å²) in [7, 11) is 0. The van der Waals surface area contributed by atoms with Gasteiger partial charge in [0.2, 0.25) is 0 Å². The number of ether oxygens (including phenoxy) is 1. The molecule has 17 heavy (non-hydrogen) atoms. The third kappa shape index (κ3) is 2.68. The number of carbonyl (C=O) groups excluding carboxylic acids is 1. The van der Waals surface area contributed by atoms with Crippen molar-refractivity contribution < 1.29 is 9.53 Å². The van der Waals surface area contributed by atoms with E-state index in [2.05, 4.69) is 20.8 Å². The van der Waals surface area contributed by atoms with Crippen LogP contribution in [0.5, 0.6) is 0 Å². The predicted molar refractivity (Wildman–Crippen MR) is 69.0 cm³/mol. The van der Waals surface area contributed by atoms with Crippen molar-refractivity contribution >= 4 is 5.97 Å². The average Bonchev–Trinajstić information content (AvgIpc) is 2.26. The lowest BCUT2D eigenvalue weighted by molar-refractivity contribution is 0.0440. The lowest BCUT2D eigenvalue weighted by Crippen LogP contribution is -2.16. The van der Waals surface area contributed by atoms with Crippen molar-refractivity contribution in [1.29, 1.82) is 0 Å². The second-order valence-corrected chi connectivity index (χ2v) is 5.44. The molecule has 2 nitrogen and oxygen atoms in total. The van der Waals surface area contributed by atoms with Gasteiger partial charge < -0.3 is 4.74 Å². The molecule has 0 saturated carbocycles. The summed E-state index contributed by atoms with van der Waals surface area (Å²) in [5.41, 5.74) is 3.01. The molecule has 0 aromatic rings. The maximum Gasteiger partial charge on any atom is 0.338 e. The van der Waals surface area contributed by atoms with Gasteiger partial charge in [-0.1, -0.05) is 39.3 Å². The van der Waals surface area contributed by atoms with Gasteiger partial charge in [-0.3, -0.25) is 0 Å². The third-order valence-corrected chi connectivity index (χ3v) is 3.29. The second kappa shape index (κ2) is 4.91. The molecule has 1 atom stereocenters. The molecule has 0 radical (unpaired) electrons. The molecule has 0 aromatic heterocycles. The Bertz CT molecular complexity index is 421. The van der Waals surface area contributed by atoms with Gasteiger partial charge in [0.05, 0.1) is 12.2 Å². The van der Waals surface area contributed by atoms with Gasteiger partial charge in [0.15, 0.2) is 0 Å². The van der Waals surface area contributed by atoms with E-state index in [9.17, 15) is 4.79 Å². The van der Waals surface area contributed by atoms with Crippen molar-refractivity contribution in [2.24, 2.45) is 11.8 Å². The van der Waals surface area contributed by atoms with Crippen LogP contribution in [-0.2, 0) is 4.74 Å². The first-order valence-corrected chi connectivity index (χ1v) is 6.39. The van der Waals surface area contributed by atoms with Crippen LogP contribution in [0.25, 0.3) is 11.1 Å². The summed E-state index contributed by atoms with van der Waals surface area (Å²) in [5.74, 6) is 1.01. The Balaban J connectivity index is 1.71. The number of esters is 1. The van der Waals surface area contributed by atoms with E-state index in [4.69, 9.17) is 4.74 Å². The molecular formula is C15H20O2. The van der Waals surface area contributed by atoms with Gasteiger partial charge in [-0.2, -0.15) is 0 Å². The molecule has 0 fully saturated rings. The van der Waals surface area contributed by atoms with E-state index in [1.54, 1.807) is 0 Å². The molecule has 0 aromatic carbocycles. The topological polar surface area (TPSA) is 26.3 Å². The van der Waals surface area contributed by atoms with Crippen LogP contribution in [-0.4, -0.2) is 12.6 Å². The Hall–Kier alpha value is -1.31. The minimum absolute atomic E-state index is 0.163. The van der Waals surface area contributed by atoms with Crippen LogP contribution >= 0.6 is 0 Å². The Labute approximate surface area is 103 Å². The minimum Gasteiger partial charge on any atom is -0.462 e. The smallest absolute Gasteiger partial charge is 0.338 e. The van der Waals surface area contributed by atoms with Crippen molar-refractivity contribution in [2.45, 2.75) is 33.6 Å². The first-order valence-electron chi connectivity index (χ1n) is 6.39. The van der Waals surface area contributed by atoms with Crippen molar-refractivity contribution in [3.8, 4) is 11.1 Å². The summed E-state index contributed by atoms with van der Waals surface area (Å²) in [4.78, 5) is 11.7. The summed E-state index contributed by atoms with van der Waals surface area (Å²) in [6.07, 6.45) is 2.32. The predicted octanol–water partition coefficient (Wildman–Crippen LogP) is 3.90. The lowest BCUT2D eigenvalue weighted by atomic mass is 9.87. The molecule has 0 aliphatic heterocycles. The molecule has 0 bridgehead atoms. The molecule has 92 valence electrons. The van der Waals surface area contributed by atoms with Crippen molar-refractivity contribution in [3.63, 3.8) is 0 Å². The Morgan fingerprint density at radius 2 is 2.00 bits per heavy atom. The first-order chi connectivity index (χ1) is 8.08.